The number of aliphatic hydroxyl groups excluding tert-OH is 1. The highest BCUT2D eigenvalue weighted by Gasteiger charge is 2.62. The lowest BCUT2D eigenvalue weighted by Gasteiger charge is -2.56. The van der Waals surface area contributed by atoms with Gasteiger partial charge < -0.3 is 19.8 Å². The Kier molecular flexibility index (Phi) is 5.56. The van der Waals surface area contributed by atoms with E-state index in [-0.39, 0.29) is 29.3 Å². The summed E-state index contributed by atoms with van der Waals surface area (Å²) in [5.74, 6) is 1.20. The van der Waals surface area contributed by atoms with Crippen LogP contribution < -0.4 is 4.74 Å². The molecular formula is C28H32N2O4. The molecule has 5 rings (SSSR count). The van der Waals surface area contributed by atoms with Gasteiger partial charge in [-0.25, -0.2) is 0 Å². The van der Waals surface area contributed by atoms with Gasteiger partial charge >= 0.3 is 0 Å². The highest BCUT2D eigenvalue weighted by molar-refractivity contribution is 6.03. The Balaban J connectivity index is 1.52. The summed E-state index contributed by atoms with van der Waals surface area (Å²) >= 11 is 0. The van der Waals surface area contributed by atoms with Gasteiger partial charge in [-0.1, -0.05) is 31.1 Å². The van der Waals surface area contributed by atoms with Crippen molar-refractivity contribution in [2.24, 2.45) is 21.9 Å². The second kappa shape index (κ2) is 8.32. The highest BCUT2D eigenvalue weighted by atomic mass is 16.6. The Hall–Kier alpha value is -3.04. The Morgan fingerprint density at radius 3 is 2.71 bits per heavy atom. The van der Waals surface area contributed by atoms with Gasteiger partial charge in [0, 0.05) is 5.56 Å². The van der Waals surface area contributed by atoms with E-state index in [4.69, 9.17) is 14.8 Å². The third-order valence-electron chi connectivity index (χ3n) is 9.19. The first kappa shape index (κ1) is 22.7. The number of benzene rings is 2. The predicted octanol–water partition coefficient (Wildman–Crippen LogP) is 5.26. The quantitative estimate of drug-likeness (QED) is 0.607. The van der Waals surface area contributed by atoms with Gasteiger partial charge in [0.15, 0.2) is 11.5 Å². The Morgan fingerprint density at radius 2 is 1.94 bits per heavy atom. The minimum Gasteiger partial charge on any atom is -0.504 e. The number of hydrogen-bond donors (Lipinski definition) is 2. The molecule has 178 valence electrons. The summed E-state index contributed by atoms with van der Waals surface area (Å²) in [6.07, 6.45) is 4.25. The topological polar surface area (TPSA) is 95.1 Å². The summed E-state index contributed by atoms with van der Waals surface area (Å²) in [7, 11) is 1.57. The zero-order valence-corrected chi connectivity index (χ0v) is 20.0. The number of rotatable bonds is 4. The second-order valence-electron chi connectivity index (χ2n) is 10.6. The maximum Gasteiger partial charge on any atom is 0.160 e. The number of oxime groups is 1. The zero-order chi connectivity index (χ0) is 24.1. The van der Waals surface area contributed by atoms with E-state index in [0.29, 0.717) is 23.1 Å². The number of aromatic hydroxyl groups is 1. The Morgan fingerprint density at radius 1 is 1.15 bits per heavy atom. The van der Waals surface area contributed by atoms with Crippen LogP contribution in [0.3, 0.4) is 0 Å². The number of hydrogen-bond acceptors (Lipinski definition) is 6. The standard InChI is InChI=1S/C28H32N2O4/c1-27-10-8-26(32)28(27,2)9-7-19-20-13-25(33-3)24(31)12-21(20)23(14-22(19)27)30-34-16-18-6-4-5-17(11-18)15-29/h4-6,11-13,19,22,26,31-32H,7-10,14,16H2,1-3H3/b30-23+/t19-,22-,26+,27+,28-/m1/s1. The molecule has 6 nitrogen and oxygen atoms in total. The summed E-state index contributed by atoms with van der Waals surface area (Å²) in [5.41, 5.74) is 4.21. The number of nitriles is 1. The third kappa shape index (κ3) is 3.37. The molecule has 3 aliphatic rings. The Bertz CT molecular complexity index is 1190. The van der Waals surface area contributed by atoms with Crippen molar-refractivity contribution >= 4 is 5.71 Å². The summed E-state index contributed by atoms with van der Waals surface area (Å²) in [6, 6.07) is 13.2. The fraction of sp³-hybridized carbons (Fsp3) is 0.500. The van der Waals surface area contributed by atoms with Crippen molar-refractivity contribution < 1.29 is 19.8 Å². The number of nitrogens with zero attached hydrogens (tertiary/aromatic N) is 2. The van der Waals surface area contributed by atoms with E-state index in [9.17, 15) is 10.2 Å². The van der Waals surface area contributed by atoms with Gasteiger partial charge in [-0.05, 0) is 90.2 Å². The average Bonchev–Trinajstić information content (AvgIpc) is 3.08. The number of fused-ring (bicyclic) bond motifs is 5. The van der Waals surface area contributed by atoms with Crippen LogP contribution in [0.5, 0.6) is 11.5 Å². The van der Waals surface area contributed by atoms with E-state index in [1.54, 1.807) is 25.3 Å². The molecule has 6 heteroatoms. The molecule has 2 aromatic rings. The summed E-state index contributed by atoms with van der Waals surface area (Å²) in [5, 5.41) is 35.1. The molecule has 3 aliphatic carbocycles. The van der Waals surface area contributed by atoms with Gasteiger partial charge in [0.1, 0.15) is 6.61 Å². The number of ether oxygens (including phenoxy) is 1. The summed E-state index contributed by atoms with van der Waals surface area (Å²) in [6.45, 7) is 4.86. The molecule has 2 aromatic carbocycles. The highest BCUT2D eigenvalue weighted by Crippen LogP contribution is 2.68. The van der Waals surface area contributed by atoms with E-state index in [2.05, 4.69) is 25.1 Å². The van der Waals surface area contributed by atoms with Crippen molar-refractivity contribution in [3.8, 4) is 17.6 Å². The van der Waals surface area contributed by atoms with Gasteiger partial charge in [-0.3, -0.25) is 0 Å². The van der Waals surface area contributed by atoms with E-state index in [1.165, 1.54) is 0 Å². The fourth-order valence-electron chi connectivity index (χ4n) is 6.95. The first-order valence-corrected chi connectivity index (χ1v) is 12.1. The summed E-state index contributed by atoms with van der Waals surface area (Å²) in [4.78, 5) is 5.80. The SMILES string of the molecule is COc1cc2c(cc1O)/C(=N/OCc1cccc(C#N)c1)C[C@@H]1[C@@H]2CC[C@]2(C)[C@@H](O)CC[C@@]12C. The van der Waals surface area contributed by atoms with Gasteiger partial charge in [0.05, 0.1) is 30.6 Å². The minimum absolute atomic E-state index is 0.0138. The van der Waals surface area contributed by atoms with Crippen LogP contribution in [-0.2, 0) is 11.4 Å². The van der Waals surface area contributed by atoms with Crippen molar-refractivity contribution in [2.75, 3.05) is 7.11 Å². The van der Waals surface area contributed by atoms with E-state index in [0.717, 1.165) is 54.5 Å². The van der Waals surface area contributed by atoms with Crippen LogP contribution in [0.15, 0.2) is 41.6 Å². The Labute approximate surface area is 200 Å². The molecule has 0 amide bonds. The van der Waals surface area contributed by atoms with Gasteiger partial charge in [0.2, 0.25) is 0 Å². The third-order valence-corrected chi connectivity index (χ3v) is 9.19. The molecule has 0 heterocycles. The van der Waals surface area contributed by atoms with E-state index >= 15 is 0 Å². The fourth-order valence-corrected chi connectivity index (χ4v) is 6.95. The van der Waals surface area contributed by atoms with Crippen molar-refractivity contribution in [2.45, 2.75) is 64.6 Å². The number of phenolic OH excluding ortho intramolecular Hbond substituents is 1. The van der Waals surface area contributed by atoms with E-state index in [1.807, 2.05) is 18.2 Å². The molecular weight excluding hydrogens is 428 g/mol. The normalized spacial score (nSPS) is 32.9. The molecule has 0 saturated heterocycles. The lowest BCUT2D eigenvalue weighted by atomic mass is 9.48. The number of phenols is 1. The van der Waals surface area contributed by atoms with Gasteiger partial charge in [-0.2, -0.15) is 5.26 Å². The van der Waals surface area contributed by atoms with Crippen molar-refractivity contribution in [1.29, 1.82) is 5.26 Å². The molecule has 0 spiro atoms. The summed E-state index contributed by atoms with van der Waals surface area (Å²) < 4.78 is 5.45. The molecule has 2 N–H and O–H groups in total. The van der Waals surface area contributed by atoms with Gasteiger partial charge in [-0.15, -0.1) is 0 Å². The molecule has 2 fully saturated rings. The lowest BCUT2D eigenvalue weighted by Crippen LogP contribution is -2.51. The number of methoxy groups -OCH3 is 1. The maximum atomic E-state index is 10.9. The average molecular weight is 461 g/mol. The largest absolute Gasteiger partial charge is 0.504 e. The van der Waals surface area contributed by atoms with Crippen LogP contribution in [-0.4, -0.2) is 29.1 Å². The first-order valence-electron chi connectivity index (χ1n) is 12.1. The van der Waals surface area contributed by atoms with Crippen LogP contribution in [0.25, 0.3) is 0 Å². The van der Waals surface area contributed by atoms with Crippen LogP contribution in [0.1, 0.15) is 74.1 Å². The molecule has 0 aliphatic heterocycles. The van der Waals surface area contributed by atoms with Crippen molar-refractivity contribution in [3.63, 3.8) is 0 Å². The van der Waals surface area contributed by atoms with Crippen LogP contribution in [0.4, 0.5) is 0 Å². The van der Waals surface area contributed by atoms with Gasteiger partial charge in [0.25, 0.3) is 0 Å². The zero-order valence-electron chi connectivity index (χ0n) is 20.0. The van der Waals surface area contributed by atoms with Crippen molar-refractivity contribution in [3.05, 3.63) is 58.7 Å². The molecule has 0 aromatic heterocycles. The number of aliphatic hydroxyl groups is 1. The lowest BCUT2D eigenvalue weighted by molar-refractivity contribution is -0.0779. The smallest absolute Gasteiger partial charge is 0.160 e. The van der Waals surface area contributed by atoms with Crippen LogP contribution in [0, 0.1) is 28.1 Å². The molecule has 0 radical (unpaired) electrons. The molecule has 2 saturated carbocycles. The first-order chi connectivity index (χ1) is 16.3. The van der Waals surface area contributed by atoms with Crippen molar-refractivity contribution in [1.82, 2.24) is 0 Å². The molecule has 0 bridgehead atoms. The molecule has 34 heavy (non-hydrogen) atoms. The van der Waals surface area contributed by atoms with Crippen LogP contribution >= 0.6 is 0 Å². The minimum atomic E-state index is -0.279. The predicted molar refractivity (Wildman–Crippen MR) is 129 cm³/mol. The second-order valence-corrected chi connectivity index (χ2v) is 10.6. The van der Waals surface area contributed by atoms with Crippen LogP contribution in [0.2, 0.25) is 0 Å². The monoisotopic (exact) mass is 460 g/mol. The maximum absolute atomic E-state index is 10.9. The molecule has 5 atom stereocenters. The molecule has 0 unspecified atom stereocenters. The van der Waals surface area contributed by atoms with E-state index < -0.39 is 0 Å².